The minimum atomic E-state index is -0.163. The third-order valence-corrected chi connectivity index (χ3v) is 4.25. The van der Waals surface area contributed by atoms with Gasteiger partial charge in [-0.15, -0.1) is 0 Å². The van der Waals surface area contributed by atoms with Gasteiger partial charge in [-0.2, -0.15) is 0 Å². The van der Waals surface area contributed by atoms with Gasteiger partial charge in [0, 0.05) is 5.02 Å². The number of benzene rings is 1. The highest BCUT2D eigenvalue weighted by atomic mass is 79.9. The Morgan fingerprint density at radius 1 is 1.35 bits per heavy atom. The Hall–Kier alpha value is -0.540. The van der Waals surface area contributed by atoms with Crippen LogP contribution in [-0.2, 0) is 4.79 Å². The van der Waals surface area contributed by atoms with Crippen LogP contribution in [0.1, 0.15) is 32.4 Å². The number of alkyl halides is 1. The smallest absolute Gasteiger partial charge is 0.234 e. The van der Waals surface area contributed by atoms with Gasteiger partial charge in [-0.3, -0.25) is 4.79 Å². The van der Waals surface area contributed by atoms with Crippen LogP contribution >= 0.6 is 27.5 Å². The van der Waals surface area contributed by atoms with E-state index in [1.807, 2.05) is 45.0 Å². The van der Waals surface area contributed by atoms with Gasteiger partial charge in [-0.25, -0.2) is 0 Å². The predicted molar refractivity (Wildman–Crippen MR) is 75.6 cm³/mol. The van der Waals surface area contributed by atoms with Crippen LogP contribution in [0.4, 0.5) is 0 Å². The van der Waals surface area contributed by atoms with E-state index in [4.69, 9.17) is 11.6 Å². The molecule has 0 aliphatic carbocycles. The second-order valence-electron chi connectivity index (χ2n) is 4.43. The van der Waals surface area contributed by atoms with Gasteiger partial charge in [0.05, 0.1) is 10.9 Å². The number of halogens is 2. The summed E-state index contributed by atoms with van der Waals surface area (Å²) in [5.74, 6) is 0.272. The van der Waals surface area contributed by atoms with E-state index >= 15 is 0 Å². The molecular formula is C13H17BrClNO. The number of rotatable bonds is 4. The molecule has 1 N–H and O–H groups in total. The van der Waals surface area contributed by atoms with Gasteiger partial charge in [-0.1, -0.05) is 53.5 Å². The van der Waals surface area contributed by atoms with Gasteiger partial charge < -0.3 is 5.32 Å². The molecule has 0 aliphatic rings. The third kappa shape index (κ3) is 4.32. The number of carbonyl (C=O) groups is 1. The first-order valence-corrected chi connectivity index (χ1v) is 6.91. The molecule has 0 saturated carbocycles. The molecular weight excluding hydrogens is 302 g/mol. The average molecular weight is 319 g/mol. The second-order valence-corrected chi connectivity index (χ2v) is 5.85. The molecule has 1 rings (SSSR count). The Balaban J connectivity index is 2.66. The molecule has 4 heteroatoms. The summed E-state index contributed by atoms with van der Waals surface area (Å²) in [6.45, 7) is 5.95. The quantitative estimate of drug-likeness (QED) is 0.837. The lowest BCUT2D eigenvalue weighted by atomic mass is 10.1. The van der Waals surface area contributed by atoms with Crippen LogP contribution in [0.2, 0.25) is 5.02 Å². The lowest BCUT2D eigenvalue weighted by molar-refractivity contribution is -0.121. The van der Waals surface area contributed by atoms with E-state index in [2.05, 4.69) is 21.2 Å². The highest BCUT2D eigenvalue weighted by Crippen LogP contribution is 2.19. The molecule has 0 aliphatic heterocycles. The molecule has 0 radical (unpaired) electrons. The summed E-state index contributed by atoms with van der Waals surface area (Å²) in [4.78, 5) is 11.7. The van der Waals surface area contributed by atoms with Gasteiger partial charge in [0.2, 0.25) is 5.91 Å². The van der Waals surface area contributed by atoms with Crippen molar-refractivity contribution < 1.29 is 4.79 Å². The van der Waals surface area contributed by atoms with Gasteiger partial charge in [0.15, 0.2) is 0 Å². The molecule has 94 valence electrons. The molecule has 17 heavy (non-hydrogen) atoms. The molecule has 2 unspecified atom stereocenters. The fourth-order valence-corrected chi connectivity index (χ4v) is 1.79. The number of nitrogens with one attached hydrogen (secondary N) is 1. The summed E-state index contributed by atoms with van der Waals surface area (Å²) in [7, 11) is 0. The van der Waals surface area contributed by atoms with E-state index < -0.39 is 0 Å². The van der Waals surface area contributed by atoms with Crippen molar-refractivity contribution in [2.45, 2.75) is 31.6 Å². The van der Waals surface area contributed by atoms with Gasteiger partial charge in [0.1, 0.15) is 0 Å². The largest absolute Gasteiger partial charge is 0.349 e. The molecule has 0 bridgehead atoms. The average Bonchev–Trinajstić information content (AvgIpc) is 2.27. The molecule has 0 saturated heterocycles. The van der Waals surface area contributed by atoms with Crippen LogP contribution < -0.4 is 5.32 Å². The third-order valence-electron chi connectivity index (χ3n) is 2.54. The molecule has 1 aromatic rings. The molecule has 2 nitrogen and oxygen atoms in total. The van der Waals surface area contributed by atoms with E-state index in [-0.39, 0.29) is 22.7 Å². The Bertz CT molecular complexity index is 395. The van der Waals surface area contributed by atoms with E-state index in [0.717, 1.165) is 5.56 Å². The summed E-state index contributed by atoms with van der Waals surface area (Å²) in [6, 6.07) is 7.48. The van der Waals surface area contributed by atoms with Crippen molar-refractivity contribution in [1.82, 2.24) is 5.32 Å². The number of hydrogen-bond acceptors (Lipinski definition) is 1. The van der Waals surface area contributed by atoms with E-state index in [1.54, 1.807) is 0 Å². The maximum atomic E-state index is 11.9. The number of carbonyl (C=O) groups excluding carboxylic acids is 1. The first-order valence-electron chi connectivity index (χ1n) is 5.61. The standard InChI is InChI=1S/C13H17BrClNO/c1-8(2)12(14)13(17)16-9(3)10-5-4-6-11(15)7-10/h4-9,12H,1-3H3,(H,16,17). The summed E-state index contributed by atoms with van der Waals surface area (Å²) in [5.41, 5.74) is 1.01. The van der Waals surface area contributed by atoms with Crippen molar-refractivity contribution in [3.63, 3.8) is 0 Å². The van der Waals surface area contributed by atoms with Gasteiger partial charge in [-0.05, 0) is 30.5 Å². The van der Waals surface area contributed by atoms with Crippen LogP contribution in [0.25, 0.3) is 0 Å². The highest BCUT2D eigenvalue weighted by Gasteiger charge is 2.20. The normalized spacial score (nSPS) is 14.5. The van der Waals surface area contributed by atoms with Crippen LogP contribution in [0.15, 0.2) is 24.3 Å². The van der Waals surface area contributed by atoms with Crippen LogP contribution in [-0.4, -0.2) is 10.7 Å². The van der Waals surface area contributed by atoms with Gasteiger partial charge in [0.25, 0.3) is 0 Å². The van der Waals surface area contributed by atoms with E-state index in [9.17, 15) is 4.79 Å². The molecule has 1 amide bonds. The molecule has 0 spiro atoms. The van der Waals surface area contributed by atoms with Crippen molar-refractivity contribution in [2.24, 2.45) is 5.92 Å². The fourth-order valence-electron chi connectivity index (χ4n) is 1.46. The molecule has 1 aromatic carbocycles. The number of hydrogen-bond donors (Lipinski definition) is 1. The predicted octanol–water partition coefficient (Wildman–Crippen LogP) is 3.94. The van der Waals surface area contributed by atoms with Crippen molar-refractivity contribution in [2.75, 3.05) is 0 Å². The summed E-state index contributed by atoms with van der Waals surface area (Å²) in [6.07, 6.45) is 0. The van der Waals surface area contributed by atoms with E-state index in [0.29, 0.717) is 5.02 Å². The fraction of sp³-hybridized carbons (Fsp3) is 0.462. The summed E-state index contributed by atoms with van der Waals surface area (Å²) >= 11 is 9.30. The summed E-state index contributed by atoms with van der Waals surface area (Å²) < 4.78 is 0. The zero-order valence-electron chi connectivity index (χ0n) is 10.2. The van der Waals surface area contributed by atoms with Crippen molar-refractivity contribution in [1.29, 1.82) is 0 Å². The maximum absolute atomic E-state index is 11.9. The zero-order valence-corrected chi connectivity index (χ0v) is 12.5. The first kappa shape index (κ1) is 14.5. The molecule has 0 fully saturated rings. The summed E-state index contributed by atoms with van der Waals surface area (Å²) in [5, 5.41) is 3.64. The van der Waals surface area contributed by atoms with Crippen LogP contribution in [0, 0.1) is 5.92 Å². The molecule has 0 heterocycles. The molecule has 0 aromatic heterocycles. The highest BCUT2D eigenvalue weighted by molar-refractivity contribution is 9.10. The van der Waals surface area contributed by atoms with Gasteiger partial charge >= 0.3 is 0 Å². The Labute approximate surface area is 116 Å². The molecule has 2 atom stereocenters. The van der Waals surface area contributed by atoms with E-state index in [1.165, 1.54) is 0 Å². The minimum Gasteiger partial charge on any atom is -0.349 e. The maximum Gasteiger partial charge on any atom is 0.234 e. The lowest BCUT2D eigenvalue weighted by Crippen LogP contribution is -2.35. The SMILES string of the molecule is CC(NC(=O)C(Br)C(C)C)c1cccc(Cl)c1. The topological polar surface area (TPSA) is 29.1 Å². The second kappa shape index (κ2) is 6.41. The first-order chi connectivity index (χ1) is 7.91. The Morgan fingerprint density at radius 3 is 2.53 bits per heavy atom. The Morgan fingerprint density at radius 2 is 2.00 bits per heavy atom. The Kier molecular flexibility index (Phi) is 5.47. The van der Waals surface area contributed by atoms with Crippen molar-refractivity contribution in [3.05, 3.63) is 34.9 Å². The lowest BCUT2D eigenvalue weighted by Gasteiger charge is -2.19. The van der Waals surface area contributed by atoms with Crippen LogP contribution in [0.3, 0.4) is 0 Å². The van der Waals surface area contributed by atoms with Crippen molar-refractivity contribution >= 4 is 33.4 Å². The zero-order chi connectivity index (χ0) is 13.0. The van der Waals surface area contributed by atoms with Crippen molar-refractivity contribution in [3.8, 4) is 0 Å². The monoisotopic (exact) mass is 317 g/mol. The minimum absolute atomic E-state index is 0.00692. The van der Waals surface area contributed by atoms with Crippen LogP contribution in [0.5, 0.6) is 0 Å². The number of amides is 1.